The number of aromatic amines is 1. The number of unbranched alkanes of at least 4 members (excludes halogenated alkanes) is 1. The van der Waals surface area contributed by atoms with Crippen molar-refractivity contribution >= 4 is 27.7 Å². The molecule has 0 unspecified atom stereocenters. The number of H-pyrrole nitrogens is 1. The molecule has 8 nitrogen and oxygen atoms in total. The van der Waals surface area contributed by atoms with E-state index in [1.807, 2.05) is 6.92 Å². The first kappa shape index (κ1) is 21.4. The van der Waals surface area contributed by atoms with Crippen molar-refractivity contribution in [2.24, 2.45) is 5.73 Å². The van der Waals surface area contributed by atoms with Crippen LogP contribution in [0.5, 0.6) is 23.1 Å². The van der Waals surface area contributed by atoms with Gasteiger partial charge < -0.3 is 24.9 Å². The Bertz CT molecular complexity index is 1290. The molecule has 0 fully saturated rings. The number of methoxy groups -OCH3 is 1. The highest BCUT2D eigenvalue weighted by atomic mass is 19.1. The molecule has 9 heteroatoms. The Morgan fingerprint density at radius 3 is 2.72 bits per heavy atom. The number of rotatable bonds is 9. The number of hydrogen-bond acceptors (Lipinski definition) is 6. The Labute approximate surface area is 183 Å². The summed E-state index contributed by atoms with van der Waals surface area (Å²) < 4.78 is 32.1. The maximum atomic E-state index is 15.0. The number of nitrogens with two attached hydrogens (primary N) is 1. The van der Waals surface area contributed by atoms with Crippen LogP contribution in [0, 0.1) is 12.7 Å². The number of nitrogens with one attached hydrogen (secondary N) is 1. The van der Waals surface area contributed by atoms with Gasteiger partial charge in [0.05, 0.1) is 24.6 Å². The molecule has 0 atom stereocenters. The molecule has 4 aromatic rings. The molecule has 0 radical (unpaired) electrons. The second-order valence-electron chi connectivity index (χ2n) is 7.36. The molecule has 2 aromatic carbocycles. The summed E-state index contributed by atoms with van der Waals surface area (Å²) in [5.74, 6) is 0.418. The first-order valence-electron chi connectivity index (χ1n) is 10.2. The predicted octanol–water partition coefficient (Wildman–Crippen LogP) is 4.39. The van der Waals surface area contributed by atoms with E-state index in [1.54, 1.807) is 30.3 Å². The molecule has 0 bridgehead atoms. The molecule has 3 N–H and O–H groups in total. The third-order valence-electron chi connectivity index (χ3n) is 5.00. The Kier molecular flexibility index (Phi) is 6.07. The van der Waals surface area contributed by atoms with Crippen molar-refractivity contribution in [3.05, 3.63) is 48.2 Å². The fourth-order valence-corrected chi connectivity index (χ4v) is 3.45. The quantitative estimate of drug-likeness (QED) is 0.375. The SMILES string of the molecule is COc1cc2c(Oc3ccc4[nH]c(C)cc4c3F)ncnc2cc1OCCCCC(N)=O. The zero-order chi connectivity index (χ0) is 22.7. The maximum absolute atomic E-state index is 15.0. The lowest BCUT2D eigenvalue weighted by atomic mass is 10.2. The Balaban J connectivity index is 1.61. The zero-order valence-corrected chi connectivity index (χ0v) is 17.8. The molecule has 0 aliphatic carbocycles. The highest BCUT2D eigenvalue weighted by Gasteiger charge is 2.16. The number of primary amides is 1. The first-order chi connectivity index (χ1) is 15.5. The lowest BCUT2D eigenvalue weighted by Gasteiger charge is -2.13. The number of hydrogen-bond donors (Lipinski definition) is 2. The number of benzene rings is 2. The lowest BCUT2D eigenvalue weighted by molar-refractivity contribution is -0.118. The molecule has 166 valence electrons. The van der Waals surface area contributed by atoms with Crippen molar-refractivity contribution in [2.75, 3.05) is 13.7 Å². The second-order valence-corrected chi connectivity index (χ2v) is 7.36. The van der Waals surface area contributed by atoms with Gasteiger partial charge in [-0.3, -0.25) is 4.79 Å². The van der Waals surface area contributed by atoms with E-state index in [4.69, 9.17) is 19.9 Å². The summed E-state index contributed by atoms with van der Waals surface area (Å²) in [5.41, 5.74) is 7.26. The largest absolute Gasteiger partial charge is 0.493 e. The van der Waals surface area contributed by atoms with Gasteiger partial charge in [-0.2, -0.15) is 0 Å². The van der Waals surface area contributed by atoms with E-state index in [-0.39, 0.29) is 17.5 Å². The van der Waals surface area contributed by atoms with Gasteiger partial charge in [0, 0.05) is 29.1 Å². The van der Waals surface area contributed by atoms with Gasteiger partial charge >= 0.3 is 0 Å². The molecule has 0 aliphatic heterocycles. The average Bonchev–Trinajstić information content (AvgIpc) is 3.16. The molecule has 4 rings (SSSR count). The van der Waals surface area contributed by atoms with Crippen LogP contribution in [-0.4, -0.2) is 34.6 Å². The molecular formula is C23H23FN4O4. The van der Waals surface area contributed by atoms with Crippen molar-refractivity contribution < 1.29 is 23.4 Å². The van der Waals surface area contributed by atoms with Crippen LogP contribution in [0.3, 0.4) is 0 Å². The van der Waals surface area contributed by atoms with Crippen LogP contribution < -0.4 is 19.9 Å². The van der Waals surface area contributed by atoms with Crippen molar-refractivity contribution in [3.63, 3.8) is 0 Å². The molecule has 0 aliphatic rings. The zero-order valence-electron chi connectivity index (χ0n) is 17.8. The summed E-state index contributed by atoms with van der Waals surface area (Å²) in [6.45, 7) is 2.26. The third kappa shape index (κ3) is 4.41. The number of nitrogens with zero attached hydrogens (tertiary/aromatic N) is 2. The van der Waals surface area contributed by atoms with Crippen molar-refractivity contribution in [1.29, 1.82) is 0 Å². The molecule has 0 saturated carbocycles. The summed E-state index contributed by atoms with van der Waals surface area (Å²) >= 11 is 0. The van der Waals surface area contributed by atoms with Crippen molar-refractivity contribution in [2.45, 2.75) is 26.2 Å². The van der Waals surface area contributed by atoms with Gasteiger partial charge in [-0.25, -0.2) is 14.4 Å². The third-order valence-corrected chi connectivity index (χ3v) is 5.00. The summed E-state index contributed by atoms with van der Waals surface area (Å²) in [6.07, 6.45) is 2.97. The molecule has 2 aromatic heterocycles. The summed E-state index contributed by atoms with van der Waals surface area (Å²) in [5, 5.41) is 0.998. The lowest BCUT2D eigenvalue weighted by Crippen LogP contribution is -2.10. The molecule has 0 saturated heterocycles. The van der Waals surface area contributed by atoms with Crippen molar-refractivity contribution in [3.8, 4) is 23.1 Å². The normalized spacial score (nSPS) is 11.1. The molecule has 2 heterocycles. The number of aromatic nitrogens is 3. The fraction of sp³-hybridized carbons (Fsp3) is 0.261. The van der Waals surface area contributed by atoms with E-state index in [9.17, 15) is 9.18 Å². The van der Waals surface area contributed by atoms with Crippen LogP contribution in [0.15, 0.2) is 36.7 Å². The van der Waals surface area contributed by atoms with Crippen molar-refractivity contribution in [1.82, 2.24) is 15.0 Å². The van der Waals surface area contributed by atoms with Gasteiger partial charge in [-0.15, -0.1) is 0 Å². The van der Waals surface area contributed by atoms with E-state index < -0.39 is 5.82 Å². The number of carbonyl (C=O) groups is 1. The highest BCUT2D eigenvalue weighted by molar-refractivity contribution is 5.87. The fourth-order valence-electron chi connectivity index (χ4n) is 3.45. The van der Waals surface area contributed by atoms with Crippen LogP contribution in [-0.2, 0) is 4.79 Å². The Morgan fingerprint density at radius 1 is 1.09 bits per heavy atom. The first-order valence-corrected chi connectivity index (χ1v) is 10.2. The number of ether oxygens (including phenoxy) is 3. The van der Waals surface area contributed by atoms with Gasteiger partial charge in [0.15, 0.2) is 23.1 Å². The summed E-state index contributed by atoms with van der Waals surface area (Å²) in [6, 6.07) is 8.45. The highest BCUT2D eigenvalue weighted by Crippen LogP contribution is 2.37. The Morgan fingerprint density at radius 2 is 1.94 bits per heavy atom. The van der Waals surface area contributed by atoms with Crippen LogP contribution in [0.1, 0.15) is 25.0 Å². The van der Waals surface area contributed by atoms with Gasteiger partial charge in [0.2, 0.25) is 11.8 Å². The molecule has 32 heavy (non-hydrogen) atoms. The minimum Gasteiger partial charge on any atom is -0.493 e. The number of halogens is 1. The van der Waals surface area contributed by atoms with E-state index >= 15 is 0 Å². The van der Waals surface area contributed by atoms with Crippen LogP contribution in [0.2, 0.25) is 0 Å². The van der Waals surface area contributed by atoms with Crippen LogP contribution in [0.25, 0.3) is 21.8 Å². The molecular weight excluding hydrogens is 415 g/mol. The van der Waals surface area contributed by atoms with Gasteiger partial charge in [-0.05, 0) is 44.0 Å². The predicted molar refractivity (Wildman–Crippen MR) is 118 cm³/mol. The topological polar surface area (TPSA) is 112 Å². The van der Waals surface area contributed by atoms with Gasteiger partial charge in [0.1, 0.15) is 6.33 Å². The Hall–Kier alpha value is -3.88. The average molecular weight is 438 g/mol. The molecule has 0 spiro atoms. The smallest absolute Gasteiger partial charge is 0.230 e. The van der Waals surface area contributed by atoms with E-state index in [2.05, 4.69) is 15.0 Å². The van der Waals surface area contributed by atoms with Gasteiger partial charge in [-0.1, -0.05) is 0 Å². The minimum atomic E-state index is -0.471. The maximum Gasteiger partial charge on any atom is 0.230 e. The summed E-state index contributed by atoms with van der Waals surface area (Å²) in [4.78, 5) is 22.4. The molecule has 1 amide bonds. The van der Waals surface area contributed by atoms with E-state index in [0.717, 1.165) is 5.69 Å². The minimum absolute atomic E-state index is 0.0604. The number of aryl methyl sites for hydroxylation is 1. The van der Waals surface area contributed by atoms with E-state index in [0.29, 0.717) is 59.2 Å². The second kappa shape index (κ2) is 9.09. The number of carbonyl (C=O) groups excluding carboxylic acids is 1. The monoisotopic (exact) mass is 438 g/mol. The van der Waals surface area contributed by atoms with Crippen LogP contribution >= 0.6 is 0 Å². The standard InChI is InChI=1S/C23H23FN4O4/c1-13-9-14-16(28-13)6-7-18(22(14)24)32-23-15-10-19(30-2)20(11-17(15)26-12-27-23)31-8-4-3-5-21(25)29/h6-7,9-12,28H,3-5,8H2,1-2H3,(H2,25,29). The van der Waals surface area contributed by atoms with Crippen LogP contribution in [0.4, 0.5) is 4.39 Å². The number of fused-ring (bicyclic) bond motifs is 2. The van der Waals surface area contributed by atoms with E-state index in [1.165, 1.54) is 13.4 Å². The van der Waals surface area contributed by atoms with Gasteiger partial charge in [0.25, 0.3) is 0 Å². The summed E-state index contributed by atoms with van der Waals surface area (Å²) in [7, 11) is 1.52. The number of amides is 1.